The number of aryl methyl sites for hydroxylation is 2. The molecule has 0 bridgehead atoms. The van der Waals surface area contributed by atoms with Gasteiger partial charge in [-0.3, -0.25) is 4.40 Å². The van der Waals surface area contributed by atoms with Gasteiger partial charge in [-0.15, -0.1) is 13.2 Å². The monoisotopic (exact) mass is 454 g/mol. The van der Waals surface area contributed by atoms with Crippen molar-refractivity contribution in [1.82, 2.24) is 19.5 Å². The molecule has 6 nitrogen and oxygen atoms in total. The maximum absolute atomic E-state index is 12.4. The zero-order valence-corrected chi connectivity index (χ0v) is 18.1. The number of ether oxygens (including phenoxy) is 1. The third-order valence-corrected chi connectivity index (χ3v) is 4.78. The van der Waals surface area contributed by atoms with Crippen LogP contribution in [0.25, 0.3) is 17.2 Å². The highest BCUT2D eigenvalue weighted by Crippen LogP contribution is 2.26. The van der Waals surface area contributed by atoms with Gasteiger partial charge >= 0.3 is 6.36 Å². The Balaban J connectivity index is 1.74. The number of hydrogen-bond acceptors (Lipinski definition) is 5. The van der Waals surface area contributed by atoms with Gasteiger partial charge in [-0.2, -0.15) is 4.98 Å². The van der Waals surface area contributed by atoms with Crippen LogP contribution < -0.4 is 0 Å². The smallest absolute Gasteiger partial charge is 0.410 e. The molecule has 3 heterocycles. The minimum atomic E-state index is -4.69. The molecule has 0 N–H and O–H groups in total. The summed E-state index contributed by atoms with van der Waals surface area (Å²) < 4.78 is 48.3. The Morgan fingerprint density at radius 2 is 2.00 bits per heavy atom. The van der Waals surface area contributed by atoms with Crippen LogP contribution >= 0.6 is 11.6 Å². The first-order chi connectivity index (χ1) is 14.7. The Labute approximate surface area is 182 Å². The van der Waals surface area contributed by atoms with Gasteiger partial charge < -0.3 is 9.26 Å². The standard InChI is InChI=1S/C21H22ClF3N4O2/c1-4-15(30-21(23,24)25)9-6-13(3)7-10-17-27-20(31-28-17)19-16(5-2)26-18-11-8-14(22)12-29(18)19/h6,8-9,11-12H,4-5,7,10H2,1-3H3. The third-order valence-electron chi connectivity index (χ3n) is 4.55. The van der Waals surface area contributed by atoms with Gasteiger partial charge in [0.2, 0.25) is 0 Å². The van der Waals surface area contributed by atoms with Crippen LogP contribution in [-0.4, -0.2) is 25.9 Å². The van der Waals surface area contributed by atoms with E-state index in [1.54, 1.807) is 25.3 Å². The van der Waals surface area contributed by atoms with Crippen LogP contribution in [0, 0.1) is 0 Å². The van der Waals surface area contributed by atoms with Gasteiger partial charge in [0.1, 0.15) is 17.1 Å². The summed E-state index contributed by atoms with van der Waals surface area (Å²) in [6.07, 6.45) is 1.84. The van der Waals surface area contributed by atoms with Gasteiger partial charge in [-0.05, 0) is 38.0 Å². The SMILES string of the molecule is CCC(=CC=C(C)CCc1noc(-c2c(CC)nc3ccc(Cl)cn23)n1)OC(F)(F)F. The predicted molar refractivity (Wildman–Crippen MR) is 110 cm³/mol. The molecule has 0 fully saturated rings. The second-order valence-corrected chi connectivity index (χ2v) is 7.34. The molecule has 0 aliphatic carbocycles. The molecule has 0 amide bonds. The fourth-order valence-corrected chi connectivity index (χ4v) is 3.15. The lowest BCUT2D eigenvalue weighted by molar-refractivity contribution is -0.306. The van der Waals surface area contributed by atoms with Crippen LogP contribution in [-0.2, 0) is 17.6 Å². The predicted octanol–water partition coefficient (Wildman–Crippen LogP) is 6.31. The lowest BCUT2D eigenvalue weighted by Gasteiger charge is -2.10. The molecule has 0 aliphatic heterocycles. The van der Waals surface area contributed by atoms with E-state index in [1.165, 1.54) is 6.08 Å². The van der Waals surface area contributed by atoms with Crippen molar-refractivity contribution in [2.45, 2.75) is 52.8 Å². The summed E-state index contributed by atoms with van der Waals surface area (Å²) in [6.45, 7) is 5.40. The zero-order chi connectivity index (χ0) is 22.6. The molecule has 31 heavy (non-hydrogen) atoms. The van der Waals surface area contributed by atoms with Crippen molar-refractivity contribution in [2.24, 2.45) is 0 Å². The highest BCUT2D eigenvalue weighted by atomic mass is 35.5. The Hall–Kier alpha value is -2.81. The molecule has 0 aliphatic rings. The number of nitrogens with zero attached hydrogens (tertiary/aromatic N) is 4. The molecular weight excluding hydrogens is 433 g/mol. The van der Waals surface area contributed by atoms with Crippen molar-refractivity contribution in [3.05, 3.63) is 58.4 Å². The normalized spacial score (nSPS) is 13.3. The lowest BCUT2D eigenvalue weighted by Crippen LogP contribution is -2.12. The van der Waals surface area contributed by atoms with Crippen LogP contribution in [0.2, 0.25) is 5.02 Å². The summed E-state index contributed by atoms with van der Waals surface area (Å²) in [5.74, 6) is 0.690. The summed E-state index contributed by atoms with van der Waals surface area (Å²) in [5.41, 5.74) is 3.11. The van der Waals surface area contributed by atoms with Gasteiger partial charge in [0.15, 0.2) is 5.82 Å². The first kappa shape index (κ1) is 22.9. The Morgan fingerprint density at radius 1 is 1.23 bits per heavy atom. The fraction of sp³-hybridized carbons (Fsp3) is 0.381. The first-order valence-electron chi connectivity index (χ1n) is 9.81. The van der Waals surface area contributed by atoms with Crippen LogP contribution in [0.1, 0.15) is 45.1 Å². The number of imidazole rings is 1. The van der Waals surface area contributed by atoms with E-state index >= 15 is 0 Å². The van der Waals surface area contributed by atoms with E-state index < -0.39 is 6.36 Å². The maximum Gasteiger partial charge on any atom is 0.572 e. The largest absolute Gasteiger partial charge is 0.572 e. The molecular formula is C21H22ClF3N4O2. The molecule has 10 heteroatoms. The van der Waals surface area contributed by atoms with Crippen LogP contribution in [0.5, 0.6) is 0 Å². The van der Waals surface area contributed by atoms with Gasteiger partial charge in [0.05, 0.1) is 10.7 Å². The van der Waals surface area contributed by atoms with Crippen molar-refractivity contribution in [1.29, 1.82) is 0 Å². The summed E-state index contributed by atoms with van der Waals surface area (Å²) in [7, 11) is 0. The summed E-state index contributed by atoms with van der Waals surface area (Å²) in [6, 6.07) is 3.58. The Morgan fingerprint density at radius 3 is 2.68 bits per heavy atom. The Bertz CT molecular complexity index is 1120. The van der Waals surface area contributed by atoms with Gasteiger partial charge in [0.25, 0.3) is 5.89 Å². The molecule has 0 saturated heterocycles. The number of allylic oxidation sites excluding steroid dienone is 4. The molecule has 0 aromatic carbocycles. The first-order valence-corrected chi connectivity index (χ1v) is 10.2. The fourth-order valence-electron chi connectivity index (χ4n) is 2.99. The second-order valence-electron chi connectivity index (χ2n) is 6.90. The average Bonchev–Trinajstić information content (AvgIpc) is 3.32. The molecule has 3 rings (SSSR count). The minimum Gasteiger partial charge on any atom is -0.410 e. The number of rotatable bonds is 8. The van der Waals surface area contributed by atoms with Crippen LogP contribution in [0.4, 0.5) is 13.2 Å². The van der Waals surface area contributed by atoms with Gasteiger partial charge in [-0.25, -0.2) is 4.98 Å². The Kier molecular flexibility index (Phi) is 7.04. The third kappa shape index (κ3) is 5.88. The van der Waals surface area contributed by atoms with Crippen LogP contribution in [0.3, 0.4) is 0 Å². The molecule has 0 radical (unpaired) electrons. The maximum atomic E-state index is 12.4. The highest BCUT2D eigenvalue weighted by Gasteiger charge is 2.31. The van der Waals surface area contributed by atoms with E-state index in [4.69, 9.17) is 16.1 Å². The van der Waals surface area contributed by atoms with Crippen molar-refractivity contribution in [3.63, 3.8) is 0 Å². The number of alkyl halides is 3. The second kappa shape index (κ2) is 9.55. The van der Waals surface area contributed by atoms with Crippen molar-refractivity contribution < 1.29 is 22.4 Å². The number of halogens is 4. The summed E-state index contributed by atoms with van der Waals surface area (Å²) in [4.78, 5) is 9.05. The summed E-state index contributed by atoms with van der Waals surface area (Å²) >= 11 is 6.12. The number of pyridine rings is 1. The lowest BCUT2D eigenvalue weighted by atomic mass is 10.1. The van der Waals surface area contributed by atoms with Crippen molar-refractivity contribution >= 4 is 17.2 Å². The van der Waals surface area contributed by atoms with E-state index in [0.717, 1.165) is 16.9 Å². The van der Waals surface area contributed by atoms with Gasteiger partial charge in [-0.1, -0.05) is 42.3 Å². The number of hydrogen-bond donors (Lipinski definition) is 0. The number of aromatic nitrogens is 4. The zero-order valence-electron chi connectivity index (χ0n) is 17.3. The molecule has 0 atom stereocenters. The summed E-state index contributed by atoms with van der Waals surface area (Å²) in [5, 5.41) is 4.59. The molecule has 3 aromatic heterocycles. The van der Waals surface area contributed by atoms with E-state index in [-0.39, 0.29) is 12.2 Å². The minimum absolute atomic E-state index is 0.139. The van der Waals surface area contributed by atoms with E-state index in [0.29, 0.717) is 41.7 Å². The molecule has 3 aromatic rings. The van der Waals surface area contributed by atoms with E-state index in [9.17, 15) is 13.2 Å². The highest BCUT2D eigenvalue weighted by molar-refractivity contribution is 6.30. The topological polar surface area (TPSA) is 65.5 Å². The van der Waals surface area contributed by atoms with Crippen LogP contribution in [0.15, 0.2) is 46.3 Å². The molecule has 166 valence electrons. The quantitative estimate of drug-likeness (QED) is 0.295. The van der Waals surface area contributed by atoms with E-state index in [1.807, 2.05) is 24.3 Å². The average molecular weight is 455 g/mol. The molecule has 0 saturated carbocycles. The number of fused-ring (bicyclic) bond motifs is 1. The molecule has 0 spiro atoms. The molecule has 0 unspecified atom stereocenters. The van der Waals surface area contributed by atoms with Gasteiger partial charge in [0, 0.05) is 19.0 Å². The van der Waals surface area contributed by atoms with E-state index in [2.05, 4.69) is 19.9 Å². The van der Waals surface area contributed by atoms with Crippen molar-refractivity contribution in [3.8, 4) is 11.6 Å². The van der Waals surface area contributed by atoms with Crippen molar-refractivity contribution in [2.75, 3.05) is 0 Å².